The predicted molar refractivity (Wildman–Crippen MR) is 85.0 cm³/mol. The number of carbonyl (C=O) groups is 1. The lowest BCUT2D eigenvalue weighted by Gasteiger charge is -2.11. The molecule has 0 saturated heterocycles. The van der Waals surface area contributed by atoms with Crippen LogP contribution in [0.15, 0.2) is 39.8 Å². The normalized spacial score (nSPS) is 13.7. The van der Waals surface area contributed by atoms with Crippen molar-refractivity contribution < 1.29 is 18.7 Å². The van der Waals surface area contributed by atoms with Crippen molar-refractivity contribution in [1.82, 2.24) is 10.2 Å². The van der Waals surface area contributed by atoms with Crippen LogP contribution in [0.2, 0.25) is 0 Å². The number of aromatic nitrogens is 2. The number of amides is 1. The molecule has 23 heavy (non-hydrogen) atoms. The van der Waals surface area contributed by atoms with Crippen LogP contribution in [-0.2, 0) is 9.47 Å². The number of nitrogens with zero attached hydrogens (tertiary/aromatic N) is 2. The van der Waals surface area contributed by atoms with Gasteiger partial charge in [0.2, 0.25) is 5.76 Å². The Hall–Kier alpha value is -2.48. The highest BCUT2D eigenvalue weighted by Gasteiger charge is 2.17. The van der Waals surface area contributed by atoms with Gasteiger partial charge in [-0.3, -0.25) is 10.1 Å². The van der Waals surface area contributed by atoms with Crippen LogP contribution in [0, 0.1) is 0 Å². The summed E-state index contributed by atoms with van der Waals surface area (Å²) in [5.41, 5.74) is 0.527. The molecule has 0 radical (unpaired) electrons. The molecule has 3 rings (SSSR count). The Labute approximate surface area is 137 Å². The van der Waals surface area contributed by atoms with E-state index in [-0.39, 0.29) is 17.8 Å². The minimum absolute atomic E-state index is 0.00798. The van der Waals surface area contributed by atoms with E-state index >= 15 is 0 Å². The Kier molecular flexibility index (Phi) is 4.82. The highest BCUT2D eigenvalue weighted by Crippen LogP contribution is 2.21. The van der Waals surface area contributed by atoms with Crippen molar-refractivity contribution in [1.29, 1.82) is 0 Å². The number of hydrogen-bond donors (Lipinski definition) is 1. The van der Waals surface area contributed by atoms with Crippen LogP contribution in [0.5, 0.6) is 0 Å². The number of nitrogens with one attached hydrogen (secondary N) is 1. The van der Waals surface area contributed by atoms with Crippen LogP contribution in [0.3, 0.4) is 0 Å². The zero-order valence-corrected chi connectivity index (χ0v) is 13.3. The van der Waals surface area contributed by atoms with Gasteiger partial charge in [-0.2, -0.15) is 0 Å². The van der Waals surface area contributed by atoms with Gasteiger partial charge in [0.1, 0.15) is 19.5 Å². The molecule has 1 N–H and O–H groups in total. The average Bonchev–Trinajstić information content (AvgIpc) is 3.05. The fourth-order valence-corrected chi connectivity index (χ4v) is 2.64. The number of carbonyl (C=O) groups excluding carboxylic acids is 1. The van der Waals surface area contributed by atoms with Crippen LogP contribution in [0.1, 0.15) is 23.2 Å². The Morgan fingerprint density at radius 1 is 1.35 bits per heavy atom. The molecule has 8 heteroatoms. The molecule has 2 heterocycles. The van der Waals surface area contributed by atoms with Crippen molar-refractivity contribution >= 4 is 29.4 Å². The Morgan fingerprint density at radius 3 is 3.04 bits per heavy atom. The third-order valence-electron chi connectivity index (χ3n) is 2.91. The van der Waals surface area contributed by atoms with E-state index in [1.165, 1.54) is 6.26 Å². The smallest absolute Gasteiger partial charge is 0.322 e. The van der Waals surface area contributed by atoms with Crippen LogP contribution in [-0.4, -0.2) is 35.1 Å². The summed E-state index contributed by atoms with van der Waals surface area (Å²) >= 11 is 1.67. The molecule has 0 bridgehead atoms. The first-order valence-electron chi connectivity index (χ1n) is 7.09. The zero-order valence-electron chi connectivity index (χ0n) is 12.4. The quantitative estimate of drug-likeness (QED) is 0.842. The van der Waals surface area contributed by atoms with E-state index in [4.69, 9.17) is 13.9 Å². The first-order chi connectivity index (χ1) is 11.3. The summed E-state index contributed by atoms with van der Waals surface area (Å²) in [7, 11) is 0. The topological polar surface area (TPSA) is 86.5 Å². The van der Waals surface area contributed by atoms with Gasteiger partial charge in [-0.15, -0.1) is 16.9 Å². The molecule has 0 atom stereocenters. The zero-order chi connectivity index (χ0) is 16.1. The summed E-state index contributed by atoms with van der Waals surface area (Å²) < 4.78 is 15.8. The fraction of sp³-hybridized carbons (Fsp3) is 0.267. The summed E-state index contributed by atoms with van der Waals surface area (Å²) in [5.74, 6) is 1.14. The van der Waals surface area contributed by atoms with Gasteiger partial charge in [0.15, 0.2) is 0 Å². The number of rotatable bonds is 5. The molecule has 0 saturated carbocycles. The van der Waals surface area contributed by atoms with E-state index < -0.39 is 0 Å². The van der Waals surface area contributed by atoms with Crippen molar-refractivity contribution in [3.8, 4) is 0 Å². The molecule has 1 aliphatic rings. The first-order valence-corrected chi connectivity index (χ1v) is 8.07. The van der Waals surface area contributed by atoms with Gasteiger partial charge in [0.25, 0.3) is 11.8 Å². The lowest BCUT2D eigenvalue weighted by molar-refractivity contribution is 0.102. The summed E-state index contributed by atoms with van der Waals surface area (Å²) in [4.78, 5) is 13.3. The van der Waals surface area contributed by atoms with Crippen molar-refractivity contribution in [3.63, 3.8) is 0 Å². The Bertz CT molecular complexity index is 729. The molecule has 0 unspecified atom stereocenters. The van der Waals surface area contributed by atoms with Crippen molar-refractivity contribution in [2.75, 3.05) is 24.3 Å². The lowest BCUT2D eigenvalue weighted by atomic mass is 10.2. The summed E-state index contributed by atoms with van der Waals surface area (Å²) in [6, 6.07) is 7.36. The Balaban J connectivity index is 1.69. The van der Waals surface area contributed by atoms with Crippen LogP contribution in [0.4, 0.5) is 6.01 Å². The maximum absolute atomic E-state index is 12.2. The van der Waals surface area contributed by atoms with E-state index in [2.05, 4.69) is 22.4 Å². The minimum Gasteiger partial charge on any atom is -0.494 e. The molecule has 0 fully saturated rings. The standard InChI is InChI=1S/C15H15N3O4S/c1-2-23-11-5-3-4-10(8-11)13(19)16-15-18-17-14(22-15)12-9-20-6-7-21-12/h3-5,8-9H,2,6-7H2,1H3,(H,16,18,19). The summed E-state index contributed by atoms with van der Waals surface area (Å²) in [6.45, 7) is 2.95. The average molecular weight is 333 g/mol. The number of ether oxygens (including phenoxy) is 2. The van der Waals surface area contributed by atoms with E-state index in [0.717, 1.165) is 10.6 Å². The number of thioether (sulfide) groups is 1. The van der Waals surface area contributed by atoms with E-state index in [1.807, 2.05) is 18.2 Å². The highest BCUT2D eigenvalue weighted by molar-refractivity contribution is 7.99. The van der Waals surface area contributed by atoms with Gasteiger partial charge in [-0.25, -0.2) is 0 Å². The first kappa shape index (κ1) is 15.4. The maximum Gasteiger partial charge on any atom is 0.322 e. The van der Waals surface area contributed by atoms with E-state index in [1.54, 1.807) is 17.8 Å². The second kappa shape index (κ2) is 7.19. The fourth-order valence-electron chi connectivity index (χ4n) is 1.92. The molecule has 0 aliphatic carbocycles. The molecule has 120 valence electrons. The summed E-state index contributed by atoms with van der Waals surface area (Å²) in [6.07, 6.45) is 1.41. The molecular weight excluding hydrogens is 318 g/mol. The van der Waals surface area contributed by atoms with E-state index in [9.17, 15) is 4.79 Å². The predicted octanol–water partition coefficient (Wildman–Crippen LogP) is 2.78. The van der Waals surface area contributed by atoms with Crippen LogP contribution >= 0.6 is 11.8 Å². The second-order valence-electron chi connectivity index (χ2n) is 4.53. The summed E-state index contributed by atoms with van der Waals surface area (Å²) in [5, 5.41) is 10.2. The van der Waals surface area contributed by atoms with Gasteiger partial charge in [-0.1, -0.05) is 18.1 Å². The molecule has 0 spiro atoms. The maximum atomic E-state index is 12.2. The van der Waals surface area contributed by atoms with Crippen molar-refractivity contribution in [3.05, 3.63) is 42.0 Å². The van der Waals surface area contributed by atoms with E-state index in [0.29, 0.717) is 24.5 Å². The minimum atomic E-state index is -0.312. The van der Waals surface area contributed by atoms with Crippen molar-refractivity contribution in [2.24, 2.45) is 0 Å². The number of hydrogen-bond acceptors (Lipinski definition) is 7. The van der Waals surface area contributed by atoms with Gasteiger partial charge < -0.3 is 13.9 Å². The molecule has 1 aromatic carbocycles. The lowest BCUT2D eigenvalue weighted by Crippen LogP contribution is -2.12. The molecule has 1 amide bonds. The SMILES string of the molecule is CCSc1cccc(C(=O)Nc2nnc(C3=COCCO3)o2)c1. The third kappa shape index (κ3) is 3.84. The highest BCUT2D eigenvalue weighted by atomic mass is 32.2. The van der Waals surface area contributed by atoms with Crippen molar-refractivity contribution in [2.45, 2.75) is 11.8 Å². The second-order valence-corrected chi connectivity index (χ2v) is 5.87. The molecule has 7 nitrogen and oxygen atoms in total. The van der Waals surface area contributed by atoms with Gasteiger partial charge in [0.05, 0.1) is 0 Å². The molecular formula is C15H15N3O4S. The van der Waals surface area contributed by atoms with Gasteiger partial charge in [0, 0.05) is 10.5 Å². The number of anilines is 1. The monoisotopic (exact) mass is 333 g/mol. The van der Waals surface area contributed by atoms with Gasteiger partial charge >= 0.3 is 6.01 Å². The third-order valence-corrected chi connectivity index (χ3v) is 3.79. The number of benzene rings is 1. The molecule has 1 aromatic heterocycles. The van der Waals surface area contributed by atoms with Crippen LogP contribution in [0.25, 0.3) is 5.76 Å². The van der Waals surface area contributed by atoms with Crippen LogP contribution < -0.4 is 5.32 Å². The van der Waals surface area contributed by atoms with Gasteiger partial charge in [-0.05, 0) is 24.0 Å². The largest absolute Gasteiger partial charge is 0.494 e. The molecule has 2 aromatic rings. The molecule has 1 aliphatic heterocycles. The Morgan fingerprint density at radius 2 is 2.26 bits per heavy atom.